The first-order valence-electron chi connectivity index (χ1n) is 28.2. The van der Waals surface area contributed by atoms with Crippen molar-refractivity contribution in [2.24, 2.45) is 5.41 Å². The fraction of sp³-hybridized carbons (Fsp3) is 0.354. The van der Waals surface area contributed by atoms with E-state index in [1.807, 2.05) is 36.4 Å². The van der Waals surface area contributed by atoms with E-state index in [0.717, 1.165) is 50.1 Å². The predicted molar refractivity (Wildman–Crippen MR) is 295 cm³/mol. The van der Waals surface area contributed by atoms with Gasteiger partial charge in [-0.2, -0.15) is 0 Å². The van der Waals surface area contributed by atoms with Crippen LogP contribution < -0.4 is 0 Å². The monoisotopic (exact) mass is 922 g/mol. The summed E-state index contributed by atoms with van der Waals surface area (Å²) >= 11 is 0. The third kappa shape index (κ3) is 10.1. The molecule has 4 nitrogen and oxygen atoms in total. The molecule has 0 atom stereocenters. The maximum atomic E-state index is 12.7. The number of phenols is 1. The Morgan fingerprint density at radius 1 is 0.522 bits per heavy atom. The van der Waals surface area contributed by atoms with Crippen molar-refractivity contribution in [1.29, 1.82) is 0 Å². The molecule has 0 bridgehead atoms. The number of rotatable bonds is 7. The molecule has 8 rings (SSSR count). The number of nitrogens with zero attached hydrogens (tertiary/aromatic N) is 3. The molecule has 2 heterocycles. The lowest BCUT2D eigenvalue weighted by atomic mass is 9.79. The van der Waals surface area contributed by atoms with Gasteiger partial charge in [-0.15, -0.1) is 0 Å². The molecule has 356 valence electrons. The van der Waals surface area contributed by atoms with Gasteiger partial charge in [0.15, 0.2) is 0 Å². The second kappa shape index (κ2) is 17.6. The van der Waals surface area contributed by atoms with Crippen molar-refractivity contribution in [3.63, 3.8) is 0 Å². The zero-order valence-electron chi connectivity index (χ0n) is 51.4. The molecule has 0 fully saturated rings. The molecule has 0 aliphatic rings. The van der Waals surface area contributed by atoms with Crippen molar-refractivity contribution in [3.8, 4) is 67.5 Å². The summed E-state index contributed by atoms with van der Waals surface area (Å²) in [6.07, 6.45) is -0.584. The van der Waals surface area contributed by atoms with Crippen molar-refractivity contribution in [2.75, 3.05) is 0 Å². The van der Waals surface area contributed by atoms with Crippen LogP contribution in [0.1, 0.15) is 154 Å². The van der Waals surface area contributed by atoms with E-state index < -0.39 is 30.9 Å². The standard InChI is InChI=1S/C65H75N3O/c1-40-30-42(38-61(3,4)5)26-28-49(40)51-37-55(66-39-41(51)2)45-31-44(32-47(33-45)63(9,10)11)50-24-21-25-57-58(50)67-60(53-35-48(64(12,13)14)36-54(59(53)69)65(15,16)17)68(57)56-29-27-46(62(6,7)8)34-52(56)43-22-19-18-20-23-43/h18-37,39,69H,38H2,1-17H3/i1D3,2D3,38D2. The van der Waals surface area contributed by atoms with Crippen LogP contribution in [0.15, 0.2) is 128 Å². The average molecular weight is 922 g/mol. The van der Waals surface area contributed by atoms with E-state index in [1.165, 1.54) is 17.8 Å². The number of benzene rings is 6. The molecule has 2 aromatic heterocycles. The smallest absolute Gasteiger partial charge is 0.149 e. The summed E-state index contributed by atoms with van der Waals surface area (Å²) in [7, 11) is 0. The Hall–Kier alpha value is -6.26. The summed E-state index contributed by atoms with van der Waals surface area (Å²) in [5.41, 5.74) is 10.00. The Morgan fingerprint density at radius 2 is 1.17 bits per heavy atom. The molecule has 0 aliphatic carbocycles. The van der Waals surface area contributed by atoms with Gasteiger partial charge in [-0.25, -0.2) is 4.98 Å². The average Bonchev–Trinajstić information content (AvgIpc) is 3.72. The summed E-state index contributed by atoms with van der Waals surface area (Å²) in [5, 5.41) is 12.7. The first-order valence-corrected chi connectivity index (χ1v) is 24.2. The van der Waals surface area contributed by atoms with Crippen molar-refractivity contribution in [3.05, 3.63) is 166 Å². The Morgan fingerprint density at radius 3 is 1.81 bits per heavy atom. The minimum absolute atomic E-state index is 0.118. The Labute approximate surface area is 425 Å². The quantitative estimate of drug-likeness (QED) is 0.173. The Balaban J connectivity index is 1.46. The number of hydrogen-bond acceptors (Lipinski definition) is 3. The van der Waals surface area contributed by atoms with Gasteiger partial charge in [0.05, 0.1) is 28.0 Å². The molecule has 0 amide bonds. The highest BCUT2D eigenvalue weighted by atomic mass is 16.3. The summed E-state index contributed by atoms with van der Waals surface area (Å²) in [5.74, 6) is 0.743. The van der Waals surface area contributed by atoms with Crippen LogP contribution in [0.25, 0.3) is 72.7 Å². The maximum absolute atomic E-state index is 12.7. The Bertz CT molecular complexity index is 3550. The molecular weight excluding hydrogens is 839 g/mol. The molecule has 0 spiro atoms. The van der Waals surface area contributed by atoms with E-state index in [0.29, 0.717) is 28.2 Å². The molecule has 0 radical (unpaired) electrons. The van der Waals surface area contributed by atoms with Gasteiger partial charge in [-0.05, 0) is 145 Å². The summed E-state index contributed by atoms with van der Waals surface area (Å²) in [4.78, 5) is 10.5. The lowest BCUT2D eigenvalue weighted by Gasteiger charge is -2.28. The van der Waals surface area contributed by atoms with E-state index >= 15 is 0 Å². The van der Waals surface area contributed by atoms with E-state index in [4.69, 9.17) is 20.9 Å². The fourth-order valence-electron chi connectivity index (χ4n) is 9.10. The second-order valence-electron chi connectivity index (χ2n) is 24.0. The van der Waals surface area contributed by atoms with Gasteiger partial charge in [0.1, 0.15) is 11.6 Å². The van der Waals surface area contributed by atoms with Crippen LogP contribution in [-0.2, 0) is 28.0 Å². The van der Waals surface area contributed by atoms with E-state index in [-0.39, 0.29) is 49.8 Å². The number of para-hydroxylation sites is 1. The largest absolute Gasteiger partial charge is 0.507 e. The highest BCUT2D eigenvalue weighted by Gasteiger charge is 2.30. The van der Waals surface area contributed by atoms with Crippen LogP contribution in [-0.4, -0.2) is 19.6 Å². The van der Waals surface area contributed by atoms with Crippen LogP contribution in [0.3, 0.4) is 0 Å². The second-order valence-corrected chi connectivity index (χ2v) is 24.0. The molecule has 69 heavy (non-hydrogen) atoms. The number of pyridine rings is 1. The van der Waals surface area contributed by atoms with Crippen LogP contribution in [0.2, 0.25) is 0 Å². The number of phenolic OH excluding ortho intramolecular Hbond substituents is 1. The number of hydrogen-bond donors (Lipinski definition) is 1. The summed E-state index contributed by atoms with van der Waals surface area (Å²) < 4.78 is 72.2. The normalized spacial score (nSPS) is 15.1. The number of fused-ring (bicyclic) bond motifs is 1. The minimum atomic E-state index is -2.72. The number of aryl methyl sites for hydroxylation is 2. The number of imidazole rings is 1. The highest BCUT2D eigenvalue weighted by Crippen LogP contribution is 2.46. The van der Waals surface area contributed by atoms with Gasteiger partial charge >= 0.3 is 0 Å². The van der Waals surface area contributed by atoms with E-state index in [1.54, 1.807) is 39.0 Å². The first-order chi connectivity index (χ1) is 35.3. The van der Waals surface area contributed by atoms with E-state index in [9.17, 15) is 5.11 Å². The van der Waals surface area contributed by atoms with Gasteiger partial charge in [0, 0.05) is 39.4 Å². The maximum Gasteiger partial charge on any atom is 0.149 e. The molecule has 0 aliphatic heterocycles. The summed E-state index contributed by atoms with van der Waals surface area (Å²) in [6, 6.07) is 39.7. The Kier molecular flexibility index (Phi) is 10.1. The van der Waals surface area contributed by atoms with Crippen molar-refractivity contribution in [1.82, 2.24) is 14.5 Å². The van der Waals surface area contributed by atoms with E-state index in [2.05, 4.69) is 148 Å². The number of aromatic hydroxyl groups is 1. The van der Waals surface area contributed by atoms with Crippen LogP contribution >= 0.6 is 0 Å². The molecule has 0 saturated carbocycles. The zero-order chi connectivity index (χ0) is 57.0. The molecular formula is C65H75N3O. The van der Waals surface area contributed by atoms with Gasteiger partial charge in [0.25, 0.3) is 0 Å². The lowest BCUT2D eigenvalue weighted by molar-refractivity contribution is 0.411. The third-order valence-electron chi connectivity index (χ3n) is 13.0. The minimum Gasteiger partial charge on any atom is -0.507 e. The molecule has 4 heteroatoms. The fourth-order valence-corrected chi connectivity index (χ4v) is 9.10. The van der Waals surface area contributed by atoms with Crippen molar-refractivity contribution >= 4 is 11.0 Å². The van der Waals surface area contributed by atoms with Gasteiger partial charge in [0.2, 0.25) is 0 Å². The van der Waals surface area contributed by atoms with Crippen LogP contribution in [0, 0.1) is 19.1 Å². The molecule has 0 unspecified atom stereocenters. The van der Waals surface area contributed by atoms with Crippen molar-refractivity contribution < 1.29 is 16.1 Å². The topological polar surface area (TPSA) is 50.9 Å². The van der Waals surface area contributed by atoms with Crippen LogP contribution in [0.5, 0.6) is 5.75 Å². The molecule has 0 saturated heterocycles. The SMILES string of the molecule is [2H]C([2H])([2H])c1cnc(-c2cc(-c3cccc4c3nc(-c3cc(C(C)(C)C)cc(C(C)(C)C)c3O)n4-c3ccc(C(C)(C)C)cc3-c3ccccc3)cc(C(C)(C)C)c2)cc1-c1ccc(C([2H])([2H])C(C)(C)C)cc1C([2H])([2H])[2H]. The third-order valence-corrected chi connectivity index (χ3v) is 13.0. The molecule has 1 N–H and O–H groups in total. The zero-order valence-corrected chi connectivity index (χ0v) is 43.4. The van der Waals surface area contributed by atoms with Gasteiger partial charge in [-0.1, -0.05) is 183 Å². The lowest BCUT2D eigenvalue weighted by Crippen LogP contribution is -2.17. The van der Waals surface area contributed by atoms with Gasteiger partial charge in [-0.3, -0.25) is 9.55 Å². The first kappa shape index (κ1) is 39.6. The van der Waals surface area contributed by atoms with Crippen LogP contribution in [0.4, 0.5) is 0 Å². The number of aromatic nitrogens is 3. The van der Waals surface area contributed by atoms with Gasteiger partial charge < -0.3 is 5.11 Å². The summed E-state index contributed by atoms with van der Waals surface area (Å²) in [6.45, 7) is 25.8. The molecule has 6 aromatic carbocycles. The predicted octanol–water partition coefficient (Wildman–Crippen LogP) is 17.9. The molecule has 8 aromatic rings. The highest BCUT2D eigenvalue weighted by molar-refractivity contribution is 5.98. The van der Waals surface area contributed by atoms with Crippen molar-refractivity contribution in [2.45, 2.75) is 146 Å².